The van der Waals surface area contributed by atoms with E-state index >= 15 is 0 Å². The van der Waals surface area contributed by atoms with Crippen molar-refractivity contribution in [3.8, 4) is 0 Å². The van der Waals surface area contributed by atoms with E-state index in [1.165, 1.54) is 6.07 Å². The zero-order chi connectivity index (χ0) is 14.0. The second kappa shape index (κ2) is 5.41. The molecule has 2 aromatic rings. The van der Waals surface area contributed by atoms with Crippen molar-refractivity contribution in [1.29, 1.82) is 0 Å². The number of rotatable bonds is 3. The molecule has 0 aromatic heterocycles. The van der Waals surface area contributed by atoms with Gasteiger partial charge in [-0.05, 0) is 49.2 Å². The van der Waals surface area contributed by atoms with Gasteiger partial charge in [0, 0.05) is 18.8 Å². The molecular formula is C16H19FN2. The molecule has 0 saturated carbocycles. The Morgan fingerprint density at radius 1 is 1.16 bits per heavy atom. The molecule has 0 saturated heterocycles. The van der Waals surface area contributed by atoms with E-state index in [0.29, 0.717) is 5.69 Å². The third-order valence-corrected chi connectivity index (χ3v) is 3.25. The predicted octanol–water partition coefficient (Wildman–Crippen LogP) is 3.92. The Balaban J connectivity index is 2.36. The maximum Gasteiger partial charge on any atom is 0.147 e. The average Bonchev–Trinajstić information content (AvgIpc) is 2.37. The molecule has 0 heterocycles. The topological polar surface area (TPSA) is 29.3 Å². The van der Waals surface area contributed by atoms with Crippen LogP contribution in [0.25, 0.3) is 0 Å². The molecule has 0 fully saturated rings. The number of nitrogens with two attached hydrogens (primary N) is 1. The Bertz CT molecular complexity index is 579. The first-order chi connectivity index (χ1) is 8.99. The fourth-order valence-electron chi connectivity index (χ4n) is 2.05. The van der Waals surface area contributed by atoms with Gasteiger partial charge in [-0.15, -0.1) is 0 Å². The second-order valence-electron chi connectivity index (χ2n) is 4.90. The SMILES string of the molecule is Cc1cccc(N(C)c2ccc(C(C)N)cc2F)c1. The van der Waals surface area contributed by atoms with E-state index in [1.807, 2.05) is 56.1 Å². The molecule has 0 bridgehead atoms. The zero-order valence-corrected chi connectivity index (χ0v) is 11.5. The van der Waals surface area contributed by atoms with Crippen LogP contribution >= 0.6 is 0 Å². The first kappa shape index (κ1) is 13.6. The van der Waals surface area contributed by atoms with Crippen molar-refractivity contribution in [2.24, 2.45) is 5.73 Å². The van der Waals surface area contributed by atoms with Crippen molar-refractivity contribution in [3.05, 3.63) is 59.4 Å². The molecule has 1 atom stereocenters. The smallest absolute Gasteiger partial charge is 0.147 e. The average molecular weight is 258 g/mol. The molecule has 0 aliphatic heterocycles. The molecule has 3 heteroatoms. The van der Waals surface area contributed by atoms with Crippen LogP contribution in [0.15, 0.2) is 42.5 Å². The summed E-state index contributed by atoms with van der Waals surface area (Å²) in [6, 6.07) is 13.0. The molecule has 2 rings (SSSR count). The Hall–Kier alpha value is -1.87. The van der Waals surface area contributed by atoms with E-state index in [0.717, 1.165) is 16.8 Å². The van der Waals surface area contributed by atoms with Gasteiger partial charge in [0.05, 0.1) is 5.69 Å². The van der Waals surface area contributed by atoms with E-state index in [9.17, 15) is 4.39 Å². The fourth-order valence-corrected chi connectivity index (χ4v) is 2.05. The van der Waals surface area contributed by atoms with Crippen LogP contribution in [-0.2, 0) is 0 Å². The molecule has 2 aromatic carbocycles. The van der Waals surface area contributed by atoms with E-state index in [-0.39, 0.29) is 11.9 Å². The van der Waals surface area contributed by atoms with E-state index in [1.54, 1.807) is 6.07 Å². The summed E-state index contributed by atoms with van der Waals surface area (Å²) in [5.74, 6) is -0.251. The van der Waals surface area contributed by atoms with Crippen LogP contribution in [0.5, 0.6) is 0 Å². The number of aryl methyl sites for hydroxylation is 1. The Morgan fingerprint density at radius 3 is 2.47 bits per heavy atom. The number of hydrogen-bond donors (Lipinski definition) is 1. The van der Waals surface area contributed by atoms with Gasteiger partial charge in [0.1, 0.15) is 5.82 Å². The van der Waals surface area contributed by atoms with Gasteiger partial charge in [0.25, 0.3) is 0 Å². The van der Waals surface area contributed by atoms with Crippen molar-refractivity contribution in [2.75, 3.05) is 11.9 Å². The first-order valence-corrected chi connectivity index (χ1v) is 6.34. The molecule has 0 amide bonds. The summed E-state index contributed by atoms with van der Waals surface area (Å²) in [5.41, 5.74) is 9.23. The van der Waals surface area contributed by atoms with Crippen LogP contribution in [0.2, 0.25) is 0 Å². The van der Waals surface area contributed by atoms with Gasteiger partial charge in [-0.3, -0.25) is 0 Å². The highest BCUT2D eigenvalue weighted by Crippen LogP contribution is 2.28. The summed E-state index contributed by atoms with van der Waals surface area (Å²) >= 11 is 0. The number of anilines is 2. The maximum absolute atomic E-state index is 14.1. The highest BCUT2D eigenvalue weighted by molar-refractivity contribution is 5.64. The second-order valence-corrected chi connectivity index (χ2v) is 4.90. The maximum atomic E-state index is 14.1. The third kappa shape index (κ3) is 2.93. The van der Waals surface area contributed by atoms with E-state index in [2.05, 4.69) is 0 Å². The number of nitrogens with zero attached hydrogens (tertiary/aromatic N) is 1. The van der Waals surface area contributed by atoms with Crippen LogP contribution < -0.4 is 10.6 Å². The summed E-state index contributed by atoms with van der Waals surface area (Å²) in [7, 11) is 1.86. The Kier molecular flexibility index (Phi) is 3.86. The van der Waals surface area contributed by atoms with Crippen molar-refractivity contribution < 1.29 is 4.39 Å². The normalized spacial score (nSPS) is 12.3. The summed E-state index contributed by atoms with van der Waals surface area (Å²) in [4.78, 5) is 1.84. The largest absolute Gasteiger partial charge is 0.342 e. The Labute approximate surface area is 113 Å². The van der Waals surface area contributed by atoms with Gasteiger partial charge in [0.2, 0.25) is 0 Å². The lowest BCUT2D eigenvalue weighted by molar-refractivity contribution is 0.622. The van der Waals surface area contributed by atoms with Crippen LogP contribution in [0.4, 0.5) is 15.8 Å². The molecular weight excluding hydrogens is 239 g/mol. The highest BCUT2D eigenvalue weighted by Gasteiger charge is 2.11. The minimum Gasteiger partial charge on any atom is -0.342 e. The summed E-state index contributed by atoms with van der Waals surface area (Å²) in [5, 5.41) is 0. The monoisotopic (exact) mass is 258 g/mol. The quantitative estimate of drug-likeness (QED) is 0.904. The lowest BCUT2D eigenvalue weighted by atomic mass is 10.1. The molecule has 0 radical (unpaired) electrons. The summed E-state index contributed by atoms with van der Waals surface area (Å²) in [6.07, 6.45) is 0. The molecule has 0 aliphatic rings. The lowest BCUT2D eigenvalue weighted by Gasteiger charge is -2.21. The van der Waals surface area contributed by atoms with E-state index in [4.69, 9.17) is 5.73 Å². The first-order valence-electron chi connectivity index (χ1n) is 6.34. The van der Waals surface area contributed by atoms with Gasteiger partial charge < -0.3 is 10.6 Å². The van der Waals surface area contributed by atoms with Gasteiger partial charge in [-0.1, -0.05) is 18.2 Å². The van der Waals surface area contributed by atoms with Gasteiger partial charge >= 0.3 is 0 Å². The van der Waals surface area contributed by atoms with Crippen LogP contribution in [0, 0.1) is 12.7 Å². The number of hydrogen-bond acceptors (Lipinski definition) is 2. The highest BCUT2D eigenvalue weighted by atomic mass is 19.1. The summed E-state index contributed by atoms with van der Waals surface area (Å²) in [6.45, 7) is 3.87. The van der Waals surface area contributed by atoms with Crippen molar-refractivity contribution in [1.82, 2.24) is 0 Å². The molecule has 19 heavy (non-hydrogen) atoms. The van der Waals surface area contributed by atoms with Crippen LogP contribution in [0.1, 0.15) is 24.1 Å². The van der Waals surface area contributed by atoms with Crippen molar-refractivity contribution in [3.63, 3.8) is 0 Å². The number of benzene rings is 2. The minimum atomic E-state index is -0.251. The van der Waals surface area contributed by atoms with Crippen molar-refractivity contribution >= 4 is 11.4 Å². The third-order valence-electron chi connectivity index (χ3n) is 3.25. The molecule has 2 N–H and O–H groups in total. The Morgan fingerprint density at radius 2 is 1.89 bits per heavy atom. The zero-order valence-electron chi connectivity index (χ0n) is 11.5. The molecule has 0 aliphatic carbocycles. The fraction of sp³-hybridized carbons (Fsp3) is 0.250. The van der Waals surface area contributed by atoms with Gasteiger partial charge in [-0.25, -0.2) is 4.39 Å². The van der Waals surface area contributed by atoms with Gasteiger partial charge in [0.15, 0.2) is 0 Å². The molecule has 2 nitrogen and oxygen atoms in total. The van der Waals surface area contributed by atoms with Crippen LogP contribution in [0.3, 0.4) is 0 Å². The van der Waals surface area contributed by atoms with Crippen molar-refractivity contribution in [2.45, 2.75) is 19.9 Å². The molecule has 0 spiro atoms. The van der Waals surface area contributed by atoms with E-state index < -0.39 is 0 Å². The standard InChI is InChI=1S/C16H19FN2/c1-11-5-4-6-14(9-11)19(3)16-8-7-13(12(2)18)10-15(16)17/h4-10,12H,18H2,1-3H3. The molecule has 1 unspecified atom stereocenters. The van der Waals surface area contributed by atoms with Gasteiger partial charge in [-0.2, -0.15) is 0 Å². The molecule has 100 valence electrons. The lowest BCUT2D eigenvalue weighted by Crippen LogP contribution is -2.12. The predicted molar refractivity (Wildman–Crippen MR) is 78.2 cm³/mol. The van der Waals surface area contributed by atoms with Crippen LogP contribution in [-0.4, -0.2) is 7.05 Å². The summed E-state index contributed by atoms with van der Waals surface area (Å²) < 4.78 is 14.1. The number of halogens is 1. The minimum absolute atomic E-state index is 0.159.